The minimum atomic E-state index is -0.624. The fourth-order valence-corrected chi connectivity index (χ4v) is 4.05. The van der Waals surface area contributed by atoms with Gasteiger partial charge >= 0.3 is 0 Å². The number of amides is 1. The Hall–Kier alpha value is -2.94. The number of nitrogens with zero attached hydrogens (tertiary/aromatic N) is 3. The van der Waals surface area contributed by atoms with Gasteiger partial charge in [-0.3, -0.25) is 14.5 Å². The second-order valence-electron chi connectivity index (χ2n) is 7.88. The van der Waals surface area contributed by atoms with Gasteiger partial charge in [0.15, 0.2) is 0 Å². The van der Waals surface area contributed by atoms with E-state index in [2.05, 4.69) is 20.2 Å². The molecular formula is C21H26FN5O3. The highest BCUT2D eigenvalue weighted by molar-refractivity contribution is 5.92. The summed E-state index contributed by atoms with van der Waals surface area (Å²) in [4.78, 5) is 34.5. The smallest absolute Gasteiger partial charge is 0.269 e. The number of aromatic nitrogens is 2. The predicted molar refractivity (Wildman–Crippen MR) is 111 cm³/mol. The highest BCUT2D eigenvalue weighted by Crippen LogP contribution is 2.26. The summed E-state index contributed by atoms with van der Waals surface area (Å²) in [5, 5.41) is 2.45. The van der Waals surface area contributed by atoms with Gasteiger partial charge in [0, 0.05) is 51.3 Å². The fourth-order valence-electron chi connectivity index (χ4n) is 4.05. The third-order valence-corrected chi connectivity index (χ3v) is 5.75. The molecule has 1 unspecified atom stereocenters. The Labute approximate surface area is 174 Å². The molecule has 9 heteroatoms. The Morgan fingerprint density at radius 3 is 2.80 bits per heavy atom. The summed E-state index contributed by atoms with van der Waals surface area (Å²) in [6.07, 6.45) is 0.782. The van der Waals surface area contributed by atoms with Gasteiger partial charge in [-0.05, 0) is 31.5 Å². The Morgan fingerprint density at radius 2 is 2.10 bits per heavy atom. The van der Waals surface area contributed by atoms with E-state index in [0.29, 0.717) is 36.9 Å². The summed E-state index contributed by atoms with van der Waals surface area (Å²) < 4.78 is 20.3. The number of pyridine rings is 2. The molecule has 2 N–H and O–H groups in total. The maximum Gasteiger partial charge on any atom is 0.269 e. The van der Waals surface area contributed by atoms with E-state index < -0.39 is 11.9 Å². The van der Waals surface area contributed by atoms with Crippen molar-refractivity contribution in [2.24, 2.45) is 5.92 Å². The first-order valence-electron chi connectivity index (χ1n) is 10.2. The first kappa shape index (κ1) is 20.3. The first-order chi connectivity index (χ1) is 14.4. The molecule has 0 bridgehead atoms. The van der Waals surface area contributed by atoms with Crippen LogP contribution in [0.1, 0.15) is 21.7 Å². The number of hydrogen-bond donors (Lipinski definition) is 2. The largest absolute Gasteiger partial charge is 0.491 e. The number of carbonyl (C=O) groups is 1. The summed E-state index contributed by atoms with van der Waals surface area (Å²) in [6, 6.07) is 4.97. The van der Waals surface area contributed by atoms with Crippen LogP contribution in [0.25, 0.3) is 0 Å². The number of aryl methyl sites for hydroxylation is 1. The number of nitrogens with one attached hydrogen (secondary N) is 2. The molecule has 0 saturated carbocycles. The van der Waals surface area contributed by atoms with Gasteiger partial charge in [-0.25, -0.2) is 4.98 Å². The number of carbonyl (C=O) groups excluding carboxylic acids is 1. The van der Waals surface area contributed by atoms with Crippen LogP contribution in [0.5, 0.6) is 5.75 Å². The standard InChI is InChI=1S/C21H26FN5O3/c1-13-9-18-16(25-20(13)28)10-14(12-30-18)11-26-5-7-27(8-6-26)17-4-3-15(21(29)23-2)24-19(17)22/h3-4,9,14H,5-8,10-12H2,1-2H3,(H,23,29)(H,25,28). The summed E-state index contributed by atoms with van der Waals surface area (Å²) in [7, 11) is 1.49. The van der Waals surface area contributed by atoms with Crippen molar-refractivity contribution in [3.05, 3.63) is 51.5 Å². The van der Waals surface area contributed by atoms with Gasteiger partial charge in [0.05, 0.1) is 18.0 Å². The third-order valence-electron chi connectivity index (χ3n) is 5.75. The number of halogens is 1. The lowest BCUT2D eigenvalue weighted by Crippen LogP contribution is -2.49. The molecule has 1 atom stereocenters. The molecule has 2 aromatic heterocycles. The van der Waals surface area contributed by atoms with Crippen molar-refractivity contribution in [3.63, 3.8) is 0 Å². The van der Waals surface area contributed by atoms with Crippen LogP contribution in [0, 0.1) is 18.8 Å². The summed E-state index contributed by atoms with van der Waals surface area (Å²) >= 11 is 0. The zero-order valence-corrected chi connectivity index (χ0v) is 17.2. The number of anilines is 1. The Kier molecular flexibility index (Phi) is 5.72. The number of H-pyrrole nitrogens is 1. The van der Waals surface area contributed by atoms with Crippen LogP contribution < -0.4 is 20.5 Å². The number of ether oxygens (including phenoxy) is 1. The van der Waals surface area contributed by atoms with E-state index in [-0.39, 0.29) is 11.3 Å². The first-order valence-corrected chi connectivity index (χ1v) is 10.2. The molecule has 2 aliphatic rings. The van der Waals surface area contributed by atoms with Crippen LogP contribution in [0.15, 0.2) is 23.0 Å². The van der Waals surface area contributed by atoms with Gasteiger partial charge in [0.25, 0.3) is 11.5 Å². The van der Waals surface area contributed by atoms with E-state index in [1.807, 2.05) is 4.90 Å². The van der Waals surface area contributed by atoms with Crippen LogP contribution in [0.2, 0.25) is 0 Å². The van der Waals surface area contributed by atoms with Gasteiger partial charge < -0.3 is 19.9 Å². The molecule has 4 heterocycles. The predicted octanol–water partition coefficient (Wildman–Crippen LogP) is 0.950. The van der Waals surface area contributed by atoms with Crippen molar-refractivity contribution in [3.8, 4) is 5.75 Å². The van der Waals surface area contributed by atoms with Crippen molar-refractivity contribution in [1.29, 1.82) is 0 Å². The van der Waals surface area contributed by atoms with Crippen LogP contribution in [0.3, 0.4) is 0 Å². The third kappa shape index (κ3) is 4.16. The van der Waals surface area contributed by atoms with E-state index in [4.69, 9.17) is 4.74 Å². The van der Waals surface area contributed by atoms with Crippen molar-refractivity contribution in [1.82, 2.24) is 20.2 Å². The Morgan fingerprint density at radius 1 is 1.33 bits per heavy atom. The fraction of sp³-hybridized carbons (Fsp3) is 0.476. The van der Waals surface area contributed by atoms with Crippen LogP contribution >= 0.6 is 0 Å². The SMILES string of the molecule is CNC(=O)c1ccc(N2CCN(CC3COc4cc(C)c(=O)[nH]c4C3)CC2)c(F)n1. The van der Waals surface area contributed by atoms with E-state index in [1.54, 1.807) is 25.1 Å². The molecule has 0 aromatic carbocycles. The molecule has 160 valence electrons. The second-order valence-corrected chi connectivity index (χ2v) is 7.88. The normalized spacial score (nSPS) is 19.2. The molecule has 2 aromatic rings. The average Bonchev–Trinajstić information content (AvgIpc) is 2.75. The quantitative estimate of drug-likeness (QED) is 0.723. The zero-order chi connectivity index (χ0) is 21.3. The van der Waals surface area contributed by atoms with Gasteiger partial charge in [-0.15, -0.1) is 0 Å². The van der Waals surface area contributed by atoms with Crippen molar-refractivity contribution >= 4 is 11.6 Å². The van der Waals surface area contributed by atoms with Gasteiger partial charge in [-0.2, -0.15) is 4.39 Å². The monoisotopic (exact) mass is 415 g/mol. The number of aromatic amines is 1. The second kappa shape index (κ2) is 8.43. The van der Waals surface area contributed by atoms with Crippen molar-refractivity contribution < 1.29 is 13.9 Å². The maximum absolute atomic E-state index is 14.4. The number of piperazine rings is 1. The molecule has 0 spiro atoms. The summed E-state index contributed by atoms with van der Waals surface area (Å²) in [5.74, 6) is 0.0446. The lowest BCUT2D eigenvalue weighted by Gasteiger charge is -2.38. The summed E-state index contributed by atoms with van der Waals surface area (Å²) in [5.41, 5.74) is 1.95. The van der Waals surface area contributed by atoms with Crippen molar-refractivity contribution in [2.45, 2.75) is 13.3 Å². The molecule has 1 saturated heterocycles. The van der Waals surface area contributed by atoms with Crippen LogP contribution in [-0.2, 0) is 6.42 Å². The number of hydrogen-bond acceptors (Lipinski definition) is 6. The summed E-state index contributed by atoms with van der Waals surface area (Å²) in [6.45, 7) is 6.21. The highest BCUT2D eigenvalue weighted by Gasteiger charge is 2.26. The molecule has 30 heavy (non-hydrogen) atoms. The lowest BCUT2D eigenvalue weighted by molar-refractivity contribution is 0.0957. The molecular weight excluding hydrogens is 389 g/mol. The van der Waals surface area contributed by atoms with Gasteiger partial charge in [-0.1, -0.05) is 0 Å². The molecule has 1 fully saturated rings. The molecule has 1 amide bonds. The molecule has 2 aliphatic heterocycles. The minimum absolute atomic E-state index is 0.0651. The van der Waals surface area contributed by atoms with E-state index >= 15 is 0 Å². The number of fused-ring (bicyclic) bond motifs is 1. The molecule has 0 radical (unpaired) electrons. The number of rotatable bonds is 4. The minimum Gasteiger partial charge on any atom is -0.491 e. The van der Waals surface area contributed by atoms with Crippen LogP contribution in [-0.4, -0.2) is 67.2 Å². The Bertz CT molecular complexity index is 1000. The zero-order valence-electron chi connectivity index (χ0n) is 17.2. The lowest BCUT2D eigenvalue weighted by atomic mass is 9.99. The maximum atomic E-state index is 14.4. The van der Waals surface area contributed by atoms with Crippen molar-refractivity contribution in [2.75, 3.05) is 51.3 Å². The Balaban J connectivity index is 1.33. The topological polar surface area (TPSA) is 90.6 Å². The highest BCUT2D eigenvalue weighted by atomic mass is 19.1. The van der Waals surface area contributed by atoms with E-state index in [1.165, 1.54) is 7.05 Å². The molecule has 0 aliphatic carbocycles. The molecule has 4 rings (SSSR count). The average molecular weight is 415 g/mol. The van der Waals surface area contributed by atoms with E-state index in [9.17, 15) is 14.0 Å². The van der Waals surface area contributed by atoms with Gasteiger partial charge in [0.1, 0.15) is 11.4 Å². The van der Waals surface area contributed by atoms with E-state index in [0.717, 1.165) is 37.5 Å². The van der Waals surface area contributed by atoms with Crippen LogP contribution in [0.4, 0.5) is 10.1 Å². The molecule has 8 nitrogen and oxygen atoms in total. The van der Waals surface area contributed by atoms with Gasteiger partial charge in [0.2, 0.25) is 5.95 Å².